The zero-order chi connectivity index (χ0) is 16.9. The summed E-state index contributed by atoms with van der Waals surface area (Å²) in [4.78, 5) is 10.9. The van der Waals surface area contributed by atoms with E-state index in [4.69, 9.17) is 14.9 Å². The third-order valence-electron chi connectivity index (χ3n) is 3.47. The molecular formula is C14H20N2O6S. The molecule has 1 aromatic rings. The summed E-state index contributed by atoms with van der Waals surface area (Å²) >= 11 is 0. The highest BCUT2D eigenvalue weighted by Crippen LogP contribution is 2.23. The van der Waals surface area contributed by atoms with Crippen LogP contribution >= 0.6 is 0 Å². The summed E-state index contributed by atoms with van der Waals surface area (Å²) in [6.45, 7) is 0.730. The minimum absolute atomic E-state index is 0.128. The van der Waals surface area contributed by atoms with Gasteiger partial charge in [-0.3, -0.25) is 0 Å². The van der Waals surface area contributed by atoms with Gasteiger partial charge in [0.15, 0.2) is 0 Å². The molecule has 0 saturated carbocycles. The van der Waals surface area contributed by atoms with Crippen molar-refractivity contribution in [3.05, 3.63) is 23.8 Å². The average Bonchev–Trinajstić information content (AvgIpc) is 3.04. The maximum Gasteiger partial charge on any atom is 0.335 e. The van der Waals surface area contributed by atoms with Gasteiger partial charge in [0, 0.05) is 19.7 Å². The molecule has 0 aliphatic carbocycles. The van der Waals surface area contributed by atoms with Crippen LogP contribution in [-0.4, -0.2) is 57.0 Å². The summed E-state index contributed by atoms with van der Waals surface area (Å²) in [5.41, 5.74) is 0.112. The van der Waals surface area contributed by atoms with Crippen LogP contribution in [0.15, 0.2) is 23.1 Å². The van der Waals surface area contributed by atoms with Gasteiger partial charge in [0.05, 0.1) is 24.0 Å². The van der Waals surface area contributed by atoms with Gasteiger partial charge in [-0.05, 0) is 31.0 Å². The third-order valence-corrected chi connectivity index (χ3v) is 4.93. The molecule has 0 spiro atoms. The number of hydrogen-bond acceptors (Lipinski definition) is 6. The number of benzene rings is 1. The fourth-order valence-corrected chi connectivity index (χ4v) is 3.57. The highest BCUT2D eigenvalue weighted by atomic mass is 32.2. The van der Waals surface area contributed by atoms with Gasteiger partial charge in [0.2, 0.25) is 10.0 Å². The molecule has 1 unspecified atom stereocenters. The van der Waals surface area contributed by atoms with E-state index in [0.29, 0.717) is 6.61 Å². The molecule has 1 fully saturated rings. The first kappa shape index (κ1) is 17.7. The van der Waals surface area contributed by atoms with E-state index in [-0.39, 0.29) is 41.9 Å². The number of ether oxygens (including phenoxy) is 1. The van der Waals surface area contributed by atoms with Crippen molar-refractivity contribution in [1.29, 1.82) is 0 Å². The van der Waals surface area contributed by atoms with Gasteiger partial charge in [-0.2, -0.15) is 0 Å². The molecular weight excluding hydrogens is 324 g/mol. The van der Waals surface area contributed by atoms with E-state index >= 15 is 0 Å². The lowest BCUT2D eigenvalue weighted by Crippen LogP contribution is -2.32. The van der Waals surface area contributed by atoms with Crippen molar-refractivity contribution in [1.82, 2.24) is 4.72 Å². The quantitative estimate of drug-likeness (QED) is 0.532. The first-order valence-electron chi connectivity index (χ1n) is 7.27. The zero-order valence-electron chi connectivity index (χ0n) is 12.5. The molecule has 0 amide bonds. The Morgan fingerprint density at radius 2 is 2.17 bits per heavy atom. The topological polar surface area (TPSA) is 125 Å². The van der Waals surface area contributed by atoms with E-state index in [9.17, 15) is 13.2 Å². The number of rotatable bonds is 8. The number of aliphatic hydroxyl groups is 1. The number of carboxylic acid groups (broad SMARTS) is 1. The van der Waals surface area contributed by atoms with Crippen LogP contribution in [0.5, 0.6) is 0 Å². The Labute approximate surface area is 134 Å². The minimum Gasteiger partial charge on any atom is -0.478 e. The number of carboxylic acids is 1. The van der Waals surface area contributed by atoms with E-state index in [1.54, 1.807) is 0 Å². The smallest absolute Gasteiger partial charge is 0.335 e. The molecule has 0 bridgehead atoms. The molecule has 8 nitrogen and oxygen atoms in total. The SMILES string of the molecule is O=C(O)c1ccc(NCCO)c(S(=O)(=O)NCC2CCCO2)c1. The van der Waals surface area contributed by atoms with Crippen molar-refractivity contribution < 1.29 is 28.2 Å². The number of aromatic carboxylic acids is 1. The zero-order valence-corrected chi connectivity index (χ0v) is 13.3. The standard InChI is InChI=1S/C14H20N2O6S/c17-6-5-15-12-4-3-10(14(18)19)8-13(12)23(20,21)16-9-11-2-1-7-22-11/h3-4,8,11,15-17H,1-2,5-7,9H2,(H,18,19). The predicted octanol–water partition coefficient (Wildman–Crippen LogP) is 0.246. The Morgan fingerprint density at radius 3 is 2.78 bits per heavy atom. The lowest BCUT2D eigenvalue weighted by Gasteiger charge is -2.15. The van der Waals surface area contributed by atoms with Crippen LogP contribution in [0.25, 0.3) is 0 Å². The van der Waals surface area contributed by atoms with Crippen molar-refractivity contribution in [2.24, 2.45) is 0 Å². The summed E-state index contributed by atoms with van der Waals surface area (Å²) in [6, 6.07) is 3.78. The molecule has 1 atom stereocenters. The molecule has 0 aromatic heterocycles. The van der Waals surface area contributed by atoms with Crippen LogP contribution in [-0.2, 0) is 14.8 Å². The Hall–Kier alpha value is -1.68. The van der Waals surface area contributed by atoms with Crippen LogP contribution in [0.2, 0.25) is 0 Å². The first-order chi connectivity index (χ1) is 10.9. The number of carbonyl (C=O) groups is 1. The maximum atomic E-state index is 12.5. The lowest BCUT2D eigenvalue weighted by atomic mass is 10.2. The molecule has 1 aromatic carbocycles. The monoisotopic (exact) mass is 344 g/mol. The van der Waals surface area contributed by atoms with Crippen LogP contribution in [0.3, 0.4) is 0 Å². The van der Waals surface area contributed by atoms with Gasteiger partial charge in [-0.15, -0.1) is 0 Å². The van der Waals surface area contributed by atoms with E-state index in [1.807, 2.05) is 0 Å². The van der Waals surface area contributed by atoms with Gasteiger partial charge in [-0.25, -0.2) is 17.9 Å². The molecule has 23 heavy (non-hydrogen) atoms. The van der Waals surface area contributed by atoms with E-state index in [2.05, 4.69) is 10.0 Å². The largest absolute Gasteiger partial charge is 0.478 e. The number of sulfonamides is 1. The summed E-state index contributed by atoms with van der Waals surface area (Å²) in [5, 5.41) is 20.7. The molecule has 1 aliphatic heterocycles. The molecule has 2 rings (SSSR count). The Kier molecular flexibility index (Phi) is 5.94. The van der Waals surface area contributed by atoms with Crippen LogP contribution in [0, 0.1) is 0 Å². The minimum atomic E-state index is -3.90. The van der Waals surface area contributed by atoms with Gasteiger partial charge < -0.3 is 20.3 Å². The molecule has 1 saturated heterocycles. The normalized spacial score (nSPS) is 18.0. The Morgan fingerprint density at radius 1 is 1.39 bits per heavy atom. The van der Waals surface area contributed by atoms with Crippen LogP contribution < -0.4 is 10.0 Å². The summed E-state index contributed by atoms with van der Waals surface area (Å²) < 4.78 is 32.8. The molecule has 128 valence electrons. The van der Waals surface area contributed by atoms with Gasteiger partial charge in [0.25, 0.3) is 0 Å². The molecule has 4 N–H and O–H groups in total. The third kappa shape index (κ3) is 4.64. The highest BCUT2D eigenvalue weighted by Gasteiger charge is 2.23. The summed E-state index contributed by atoms with van der Waals surface area (Å²) in [6.07, 6.45) is 1.51. The number of anilines is 1. The van der Waals surface area contributed by atoms with Crippen molar-refractivity contribution >= 4 is 21.7 Å². The molecule has 9 heteroatoms. The summed E-state index contributed by atoms with van der Waals surface area (Å²) in [5.74, 6) is -1.21. The lowest BCUT2D eigenvalue weighted by molar-refractivity contribution is 0.0696. The van der Waals surface area contributed by atoms with Crippen LogP contribution in [0.1, 0.15) is 23.2 Å². The van der Waals surface area contributed by atoms with Crippen molar-refractivity contribution in [3.63, 3.8) is 0 Å². The second kappa shape index (κ2) is 7.73. The highest BCUT2D eigenvalue weighted by molar-refractivity contribution is 7.89. The van der Waals surface area contributed by atoms with E-state index in [1.165, 1.54) is 12.1 Å². The van der Waals surface area contributed by atoms with E-state index < -0.39 is 16.0 Å². The van der Waals surface area contributed by atoms with Crippen molar-refractivity contribution in [2.75, 3.05) is 31.6 Å². The van der Waals surface area contributed by atoms with Gasteiger partial charge in [0.1, 0.15) is 4.90 Å². The fourth-order valence-electron chi connectivity index (χ4n) is 2.30. The van der Waals surface area contributed by atoms with Crippen molar-refractivity contribution in [3.8, 4) is 0 Å². The number of aliphatic hydroxyl groups excluding tert-OH is 1. The summed E-state index contributed by atoms with van der Waals surface area (Å²) in [7, 11) is -3.90. The predicted molar refractivity (Wildman–Crippen MR) is 83.1 cm³/mol. The van der Waals surface area contributed by atoms with Gasteiger partial charge >= 0.3 is 5.97 Å². The number of hydrogen-bond donors (Lipinski definition) is 4. The second-order valence-corrected chi connectivity index (χ2v) is 6.89. The molecule has 1 heterocycles. The molecule has 1 aliphatic rings. The Balaban J connectivity index is 2.24. The average molecular weight is 344 g/mol. The fraction of sp³-hybridized carbons (Fsp3) is 0.500. The second-order valence-electron chi connectivity index (χ2n) is 5.15. The maximum absolute atomic E-state index is 12.5. The Bertz CT molecular complexity index is 655. The van der Waals surface area contributed by atoms with E-state index in [0.717, 1.165) is 18.9 Å². The molecule has 0 radical (unpaired) electrons. The van der Waals surface area contributed by atoms with Crippen molar-refractivity contribution in [2.45, 2.75) is 23.8 Å². The first-order valence-corrected chi connectivity index (χ1v) is 8.75. The van der Waals surface area contributed by atoms with Crippen LogP contribution in [0.4, 0.5) is 5.69 Å². The van der Waals surface area contributed by atoms with Gasteiger partial charge in [-0.1, -0.05) is 0 Å². The number of nitrogens with one attached hydrogen (secondary N) is 2.